The molecule has 4 rings (SSSR count). The zero-order chi connectivity index (χ0) is 17.1. The van der Waals surface area contributed by atoms with Crippen LogP contribution < -0.4 is 0 Å². The molecule has 4 aliphatic rings. The predicted octanol–water partition coefficient (Wildman–Crippen LogP) is 6.57. The molecule has 0 radical (unpaired) electrons. The van der Waals surface area contributed by atoms with Crippen LogP contribution in [0.15, 0.2) is 23.8 Å². The molecule has 3 saturated carbocycles. The summed E-state index contributed by atoms with van der Waals surface area (Å²) < 4.78 is 0. The van der Waals surface area contributed by atoms with Crippen LogP contribution in [-0.4, -0.2) is 11.2 Å². The van der Waals surface area contributed by atoms with Gasteiger partial charge in [0.1, 0.15) is 0 Å². The lowest BCUT2D eigenvalue weighted by molar-refractivity contribution is -0.0391. The maximum Gasteiger partial charge on any atom is 0.0851 e. The van der Waals surface area contributed by atoms with Gasteiger partial charge in [-0.3, -0.25) is 0 Å². The number of aliphatic hydroxyl groups excluding tert-OH is 1. The molecular weight excluding hydrogens is 304 g/mol. The molecule has 0 aromatic rings. The molecule has 140 valence electrons. The Morgan fingerprint density at radius 3 is 1.68 bits per heavy atom. The first-order valence-electron chi connectivity index (χ1n) is 11.4. The number of aliphatic hydroxyl groups is 1. The van der Waals surface area contributed by atoms with Gasteiger partial charge in [0, 0.05) is 5.41 Å². The maximum atomic E-state index is 11.8. The lowest BCUT2D eigenvalue weighted by atomic mass is 9.53. The van der Waals surface area contributed by atoms with E-state index < -0.39 is 0 Å². The van der Waals surface area contributed by atoms with Gasteiger partial charge in [0.05, 0.1) is 6.10 Å². The second-order valence-corrected chi connectivity index (χ2v) is 9.43. The summed E-state index contributed by atoms with van der Waals surface area (Å²) in [5.74, 6) is 2.08. The van der Waals surface area contributed by atoms with Crippen molar-refractivity contribution >= 4 is 0 Å². The highest BCUT2D eigenvalue weighted by atomic mass is 16.3. The summed E-state index contributed by atoms with van der Waals surface area (Å²) in [5, 5.41) is 11.8. The SMILES string of the molecule is OC1C(C2CCCCC2)=CC=CC1(C1CCCCC1)C1CCCCC1. The Balaban J connectivity index is 1.64. The average molecular weight is 343 g/mol. The molecule has 0 saturated heterocycles. The monoisotopic (exact) mass is 342 g/mol. The molecule has 0 heterocycles. The quantitative estimate of drug-likeness (QED) is 0.615. The molecule has 1 unspecified atom stereocenters. The van der Waals surface area contributed by atoms with Crippen molar-refractivity contribution in [3.8, 4) is 0 Å². The summed E-state index contributed by atoms with van der Waals surface area (Å²) in [4.78, 5) is 0. The highest BCUT2D eigenvalue weighted by Gasteiger charge is 2.51. The molecule has 0 spiro atoms. The van der Waals surface area contributed by atoms with E-state index in [4.69, 9.17) is 0 Å². The first-order valence-corrected chi connectivity index (χ1v) is 11.4. The van der Waals surface area contributed by atoms with Gasteiger partial charge in [-0.15, -0.1) is 0 Å². The Morgan fingerprint density at radius 2 is 1.16 bits per heavy atom. The third-order valence-electron chi connectivity index (χ3n) is 8.16. The first kappa shape index (κ1) is 17.8. The van der Waals surface area contributed by atoms with Crippen LogP contribution in [0.2, 0.25) is 0 Å². The molecule has 0 amide bonds. The zero-order valence-corrected chi connectivity index (χ0v) is 16.1. The third-order valence-corrected chi connectivity index (χ3v) is 8.16. The van der Waals surface area contributed by atoms with E-state index in [9.17, 15) is 5.11 Å². The highest BCUT2D eigenvalue weighted by molar-refractivity contribution is 5.33. The van der Waals surface area contributed by atoms with E-state index in [2.05, 4.69) is 18.2 Å². The van der Waals surface area contributed by atoms with Gasteiger partial charge in [-0.05, 0) is 61.9 Å². The Morgan fingerprint density at radius 1 is 0.680 bits per heavy atom. The van der Waals surface area contributed by atoms with Gasteiger partial charge in [0.2, 0.25) is 0 Å². The van der Waals surface area contributed by atoms with Crippen molar-refractivity contribution < 1.29 is 5.11 Å². The van der Waals surface area contributed by atoms with E-state index in [1.807, 2.05) is 0 Å². The van der Waals surface area contributed by atoms with Crippen LogP contribution in [0, 0.1) is 23.2 Å². The van der Waals surface area contributed by atoms with Gasteiger partial charge in [-0.25, -0.2) is 0 Å². The Kier molecular flexibility index (Phi) is 5.70. The van der Waals surface area contributed by atoms with E-state index >= 15 is 0 Å². The molecule has 25 heavy (non-hydrogen) atoms. The number of allylic oxidation sites excluding steroid dienone is 2. The highest BCUT2D eigenvalue weighted by Crippen LogP contribution is 2.55. The van der Waals surface area contributed by atoms with Crippen molar-refractivity contribution in [2.24, 2.45) is 23.2 Å². The molecule has 1 N–H and O–H groups in total. The molecule has 1 heteroatoms. The summed E-state index contributed by atoms with van der Waals surface area (Å²) in [5.41, 5.74) is 1.47. The standard InChI is InChI=1S/C24H38O/c25-23-22(19-11-4-1-5-12-19)17-10-18-24(23,20-13-6-2-7-14-20)21-15-8-3-9-16-21/h10,17-21,23,25H,1-9,11-16H2. The lowest BCUT2D eigenvalue weighted by Crippen LogP contribution is -2.50. The average Bonchev–Trinajstić information content (AvgIpc) is 2.70. The van der Waals surface area contributed by atoms with E-state index in [-0.39, 0.29) is 11.5 Å². The fourth-order valence-electron chi connectivity index (χ4n) is 6.85. The minimum absolute atomic E-state index is 0.0579. The molecule has 3 fully saturated rings. The van der Waals surface area contributed by atoms with Crippen LogP contribution in [0.4, 0.5) is 0 Å². The summed E-state index contributed by atoms with van der Waals surface area (Å²) in [6.07, 6.45) is 27.4. The van der Waals surface area contributed by atoms with Crippen LogP contribution in [0.25, 0.3) is 0 Å². The fraction of sp³-hybridized carbons (Fsp3) is 0.833. The predicted molar refractivity (Wildman–Crippen MR) is 105 cm³/mol. The lowest BCUT2D eigenvalue weighted by Gasteiger charge is -2.53. The van der Waals surface area contributed by atoms with Crippen LogP contribution in [0.5, 0.6) is 0 Å². The topological polar surface area (TPSA) is 20.2 Å². The second-order valence-electron chi connectivity index (χ2n) is 9.43. The van der Waals surface area contributed by atoms with E-state index in [1.54, 1.807) is 0 Å². The normalized spacial score (nSPS) is 32.5. The molecule has 0 aromatic heterocycles. The first-order chi connectivity index (χ1) is 12.3. The van der Waals surface area contributed by atoms with Crippen LogP contribution in [0.1, 0.15) is 96.3 Å². The second kappa shape index (κ2) is 7.99. The van der Waals surface area contributed by atoms with Gasteiger partial charge in [0.25, 0.3) is 0 Å². The molecule has 0 aliphatic heterocycles. The molecule has 0 aromatic carbocycles. The van der Waals surface area contributed by atoms with E-state index in [1.165, 1.54) is 102 Å². The number of rotatable bonds is 3. The summed E-state index contributed by atoms with van der Waals surface area (Å²) in [7, 11) is 0. The molecule has 1 atom stereocenters. The van der Waals surface area contributed by atoms with Crippen molar-refractivity contribution in [3.63, 3.8) is 0 Å². The molecular formula is C24H38O. The van der Waals surface area contributed by atoms with Crippen molar-refractivity contribution in [2.75, 3.05) is 0 Å². The molecule has 0 bridgehead atoms. The fourth-order valence-corrected chi connectivity index (χ4v) is 6.85. The van der Waals surface area contributed by atoms with Gasteiger partial charge in [-0.1, -0.05) is 76.0 Å². The summed E-state index contributed by atoms with van der Waals surface area (Å²) in [6.45, 7) is 0. The smallest absolute Gasteiger partial charge is 0.0851 e. The summed E-state index contributed by atoms with van der Waals surface area (Å²) >= 11 is 0. The van der Waals surface area contributed by atoms with Crippen LogP contribution >= 0.6 is 0 Å². The van der Waals surface area contributed by atoms with E-state index in [0.29, 0.717) is 17.8 Å². The van der Waals surface area contributed by atoms with E-state index in [0.717, 1.165) is 0 Å². The Hall–Kier alpha value is -0.560. The summed E-state index contributed by atoms with van der Waals surface area (Å²) in [6, 6.07) is 0. The number of hydrogen-bond acceptors (Lipinski definition) is 1. The van der Waals surface area contributed by atoms with Crippen molar-refractivity contribution in [1.82, 2.24) is 0 Å². The minimum Gasteiger partial charge on any atom is -0.388 e. The molecule has 1 nitrogen and oxygen atoms in total. The number of hydrogen-bond donors (Lipinski definition) is 1. The van der Waals surface area contributed by atoms with Crippen molar-refractivity contribution in [3.05, 3.63) is 23.8 Å². The van der Waals surface area contributed by atoms with Gasteiger partial charge in [0.15, 0.2) is 0 Å². The molecule has 4 aliphatic carbocycles. The third kappa shape index (κ3) is 3.38. The van der Waals surface area contributed by atoms with Crippen LogP contribution in [0.3, 0.4) is 0 Å². The van der Waals surface area contributed by atoms with Gasteiger partial charge >= 0.3 is 0 Å². The van der Waals surface area contributed by atoms with Crippen molar-refractivity contribution in [2.45, 2.75) is 102 Å². The Labute approximate surface area is 155 Å². The largest absolute Gasteiger partial charge is 0.388 e. The minimum atomic E-state index is -0.202. The van der Waals surface area contributed by atoms with Crippen molar-refractivity contribution in [1.29, 1.82) is 0 Å². The Bertz CT molecular complexity index is 466. The van der Waals surface area contributed by atoms with Crippen LogP contribution in [-0.2, 0) is 0 Å². The maximum absolute atomic E-state index is 11.8. The van der Waals surface area contributed by atoms with Gasteiger partial charge in [-0.2, -0.15) is 0 Å². The van der Waals surface area contributed by atoms with Gasteiger partial charge < -0.3 is 5.11 Å². The zero-order valence-electron chi connectivity index (χ0n) is 16.1.